The Labute approximate surface area is 256 Å². The highest BCUT2D eigenvalue weighted by Gasteiger charge is 2.33. The molecule has 1 saturated heterocycles. The summed E-state index contributed by atoms with van der Waals surface area (Å²) in [5.74, 6) is 0.253. The average Bonchev–Trinajstić information content (AvgIpc) is 3.50. The van der Waals surface area contributed by atoms with Gasteiger partial charge < -0.3 is 4.74 Å². The van der Waals surface area contributed by atoms with Crippen molar-refractivity contribution in [2.75, 3.05) is 10.7 Å². The Balaban J connectivity index is 1.29. The largest absolute Gasteiger partial charge is 0.573 e. The number of anilines is 1. The number of ether oxygens (including phenoxy) is 1. The van der Waals surface area contributed by atoms with Gasteiger partial charge in [-0.3, -0.25) is 14.1 Å². The normalized spacial score (nSPS) is 15.1. The number of benzene rings is 3. The third-order valence-corrected chi connectivity index (χ3v) is 8.31. The van der Waals surface area contributed by atoms with Gasteiger partial charge >= 0.3 is 6.36 Å². The topological polar surface area (TPSA) is 71.6 Å². The number of imidazole rings is 1. The van der Waals surface area contributed by atoms with Crippen LogP contribution in [0, 0.1) is 13.8 Å². The van der Waals surface area contributed by atoms with Gasteiger partial charge in [0.05, 0.1) is 29.0 Å². The summed E-state index contributed by atoms with van der Waals surface area (Å²) in [7, 11) is 0. The van der Waals surface area contributed by atoms with Crippen molar-refractivity contribution in [1.82, 2.24) is 9.38 Å². The highest BCUT2D eigenvalue weighted by molar-refractivity contribution is 8.15. The predicted octanol–water partition coefficient (Wildman–Crippen LogP) is 8.26. The Morgan fingerprint density at radius 3 is 2.55 bits per heavy atom. The number of thioether (sulfide) groups is 1. The first-order chi connectivity index (χ1) is 21.0. The van der Waals surface area contributed by atoms with Crippen molar-refractivity contribution in [3.05, 3.63) is 95.3 Å². The summed E-state index contributed by atoms with van der Waals surface area (Å²) < 4.78 is 43.7. The standard InChI is InChI=1S/C33H28F3N5O2S/c1-19(2)26-7-5-6-20(3)29(26)41-28(42)18-44-32(41)39-37-17-22-8-13-27-24(16-22)14-15-40-30(21(4)38-31(27)40)23-9-11-25(12-10-23)43-33(34,35)36/h5-17,19H,18H2,1-4H3/b37-17+,39-32-. The molecule has 0 radical (unpaired) electrons. The van der Waals surface area contributed by atoms with Gasteiger partial charge in [-0.25, -0.2) is 4.98 Å². The second-order valence-corrected chi connectivity index (χ2v) is 11.7. The number of aryl methyl sites for hydroxylation is 2. The number of carbonyl (C=O) groups is 1. The zero-order valence-electron chi connectivity index (χ0n) is 24.4. The van der Waals surface area contributed by atoms with Crippen molar-refractivity contribution in [1.29, 1.82) is 0 Å². The molecule has 0 N–H and O–H groups in total. The fraction of sp³-hybridized carbons (Fsp3) is 0.212. The molecule has 1 fully saturated rings. The fourth-order valence-corrected chi connectivity index (χ4v) is 6.26. The molecule has 0 spiro atoms. The monoisotopic (exact) mass is 615 g/mol. The lowest BCUT2D eigenvalue weighted by Crippen LogP contribution is -2.31. The third kappa shape index (κ3) is 5.67. The molecule has 1 aliphatic rings. The van der Waals surface area contributed by atoms with Crippen LogP contribution in [0.15, 0.2) is 83.1 Å². The number of amidine groups is 1. The van der Waals surface area contributed by atoms with E-state index in [-0.39, 0.29) is 17.6 Å². The molecular weight excluding hydrogens is 587 g/mol. The summed E-state index contributed by atoms with van der Waals surface area (Å²) in [5.41, 5.74) is 6.77. The smallest absolute Gasteiger partial charge is 0.406 e. The van der Waals surface area contributed by atoms with Crippen molar-refractivity contribution >= 4 is 51.2 Å². The van der Waals surface area contributed by atoms with E-state index in [0.717, 1.165) is 55.7 Å². The SMILES string of the molecule is Cc1cccc(C(C)C)c1N1C(=O)CS/C1=N\N=C\c1ccc2c(ccn3c(-c4ccc(OC(F)(F)F)cc4)c(C)nc23)c1. The third-order valence-electron chi connectivity index (χ3n) is 7.40. The number of rotatable bonds is 6. The zero-order valence-corrected chi connectivity index (χ0v) is 25.2. The minimum atomic E-state index is -4.75. The number of amides is 1. The maximum Gasteiger partial charge on any atom is 0.573 e. The van der Waals surface area contributed by atoms with Gasteiger partial charge in [0.2, 0.25) is 5.91 Å². The van der Waals surface area contributed by atoms with E-state index >= 15 is 0 Å². The number of pyridine rings is 1. The minimum absolute atomic E-state index is 0.0187. The van der Waals surface area contributed by atoms with Crippen LogP contribution in [0.4, 0.5) is 18.9 Å². The van der Waals surface area contributed by atoms with Gasteiger partial charge in [-0.15, -0.1) is 18.3 Å². The summed E-state index contributed by atoms with van der Waals surface area (Å²) in [6, 6.07) is 19.6. The van der Waals surface area contributed by atoms with Gasteiger partial charge in [-0.05, 0) is 84.3 Å². The van der Waals surface area contributed by atoms with E-state index in [1.165, 1.54) is 23.9 Å². The molecular formula is C33H28F3N5O2S. The maximum atomic E-state index is 12.9. The first-order valence-corrected chi connectivity index (χ1v) is 14.9. The predicted molar refractivity (Wildman–Crippen MR) is 170 cm³/mol. The number of aromatic nitrogens is 2. The summed E-state index contributed by atoms with van der Waals surface area (Å²) in [5, 5.41) is 11.2. The van der Waals surface area contributed by atoms with Crippen LogP contribution in [0.5, 0.6) is 5.75 Å². The summed E-state index contributed by atoms with van der Waals surface area (Å²) in [6.07, 6.45) is -1.20. The Morgan fingerprint density at radius 1 is 1.05 bits per heavy atom. The van der Waals surface area contributed by atoms with E-state index in [0.29, 0.717) is 10.9 Å². The molecule has 0 saturated carbocycles. The maximum absolute atomic E-state index is 12.9. The highest BCUT2D eigenvalue weighted by Crippen LogP contribution is 2.36. The van der Waals surface area contributed by atoms with Crippen LogP contribution < -0.4 is 9.64 Å². The second-order valence-electron chi connectivity index (χ2n) is 10.8. The van der Waals surface area contributed by atoms with Crippen LogP contribution in [-0.2, 0) is 4.79 Å². The molecule has 44 heavy (non-hydrogen) atoms. The van der Waals surface area contributed by atoms with Crippen molar-refractivity contribution in [2.45, 2.75) is 40.0 Å². The summed E-state index contributed by atoms with van der Waals surface area (Å²) in [4.78, 5) is 19.3. The second kappa shape index (κ2) is 11.5. The molecule has 0 atom stereocenters. The first kappa shape index (κ1) is 29.4. The van der Waals surface area contributed by atoms with E-state index in [1.54, 1.807) is 23.2 Å². The Kier molecular flexibility index (Phi) is 7.66. The molecule has 1 amide bonds. The van der Waals surface area contributed by atoms with Crippen LogP contribution in [0.2, 0.25) is 0 Å². The lowest BCUT2D eigenvalue weighted by molar-refractivity contribution is -0.274. The van der Waals surface area contributed by atoms with Gasteiger partial charge in [-0.2, -0.15) is 5.10 Å². The van der Waals surface area contributed by atoms with Crippen molar-refractivity contribution in [3.8, 4) is 17.0 Å². The number of alkyl halides is 3. The molecule has 11 heteroatoms. The number of halogens is 3. The van der Waals surface area contributed by atoms with Gasteiger partial charge in [0.25, 0.3) is 0 Å². The van der Waals surface area contributed by atoms with Crippen LogP contribution >= 0.6 is 11.8 Å². The molecule has 7 nitrogen and oxygen atoms in total. The van der Waals surface area contributed by atoms with Gasteiger partial charge in [-0.1, -0.05) is 49.9 Å². The molecule has 0 aliphatic carbocycles. The van der Waals surface area contributed by atoms with Crippen LogP contribution in [0.3, 0.4) is 0 Å². The average molecular weight is 616 g/mol. The Hall–Kier alpha value is -4.64. The van der Waals surface area contributed by atoms with E-state index in [4.69, 9.17) is 4.98 Å². The quantitative estimate of drug-likeness (QED) is 0.142. The van der Waals surface area contributed by atoms with E-state index in [9.17, 15) is 18.0 Å². The van der Waals surface area contributed by atoms with Crippen molar-refractivity contribution in [3.63, 3.8) is 0 Å². The van der Waals surface area contributed by atoms with Crippen LogP contribution in [0.25, 0.3) is 27.7 Å². The summed E-state index contributed by atoms with van der Waals surface area (Å²) >= 11 is 1.37. The number of carbonyl (C=O) groups excluding carboxylic acids is 1. The molecule has 1 aliphatic heterocycles. The van der Waals surface area contributed by atoms with Crippen molar-refractivity contribution in [2.24, 2.45) is 10.2 Å². The molecule has 0 unspecified atom stereocenters. The zero-order chi connectivity index (χ0) is 31.2. The van der Waals surface area contributed by atoms with E-state index < -0.39 is 6.36 Å². The Morgan fingerprint density at radius 2 is 1.82 bits per heavy atom. The number of hydrogen-bond acceptors (Lipinski definition) is 6. The molecule has 3 heterocycles. The van der Waals surface area contributed by atoms with Crippen LogP contribution in [0.1, 0.15) is 42.1 Å². The first-order valence-electron chi connectivity index (χ1n) is 13.9. The molecule has 3 aromatic carbocycles. The number of hydrogen-bond donors (Lipinski definition) is 0. The van der Waals surface area contributed by atoms with E-state index in [1.807, 2.05) is 66.9 Å². The lowest BCUT2D eigenvalue weighted by atomic mass is 9.97. The van der Waals surface area contributed by atoms with Gasteiger partial charge in [0.15, 0.2) is 5.17 Å². The van der Waals surface area contributed by atoms with E-state index in [2.05, 4.69) is 28.8 Å². The molecule has 6 rings (SSSR count). The number of para-hydroxylation sites is 1. The molecule has 5 aromatic rings. The number of fused-ring (bicyclic) bond motifs is 3. The van der Waals surface area contributed by atoms with Gasteiger partial charge in [0, 0.05) is 17.1 Å². The molecule has 2 aromatic heterocycles. The fourth-order valence-electron chi connectivity index (χ4n) is 5.46. The van der Waals surface area contributed by atoms with Crippen LogP contribution in [-0.4, -0.2) is 38.8 Å². The minimum Gasteiger partial charge on any atom is -0.406 e. The summed E-state index contributed by atoms with van der Waals surface area (Å²) in [6.45, 7) is 8.07. The molecule has 0 bridgehead atoms. The highest BCUT2D eigenvalue weighted by atomic mass is 32.2. The lowest BCUT2D eigenvalue weighted by Gasteiger charge is -2.23. The van der Waals surface area contributed by atoms with Gasteiger partial charge in [0.1, 0.15) is 11.4 Å². The van der Waals surface area contributed by atoms with Crippen molar-refractivity contribution < 1.29 is 22.7 Å². The molecule has 224 valence electrons. The number of nitrogens with zero attached hydrogens (tertiary/aromatic N) is 5. The Bertz CT molecular complexity index is 1960.